The van der Waals surface area contributed by atoms with Crippen molar-refractivity contribution in [2.24, 2.45) is 11.8 Å². The van der Waals surface area contributed by atoms with Gasteiger partial charge in [0.1, 0.15) is 0 Å². The van der Waals surface area contributed by atoms with E-state index in [9.17, 15) is 4.79 Å². The molecular formula is C23H28N3O3P. The van der Waals surface area contributed by atoms with Gasteiger partial charge in [-0.05, 0) is 53.4 Å². The number of likely N-dealkylation sites (tertiary alicyclic amines) is 1. The van der Waals surface area contributed by atoms with E-state index in [0.717, 1.165) is 48.9 Å². The minimum atomic E-state index is 0.0505. The topological polar surface area (TPSA) is 54.0 Å². The van der Waals surface area contributed by atoms with Crippen molar-refractivity contribution in [1.82, 2.24) is 15.1 Å². The van der Waals surface area contributed by atoms with Crippen molar-refractivity contribution in [3.05, 3.63) is 53.4 Å². The highest BCUT2D eigenvalue weighted by Crippen LogP contribution is 2.48. The van der Waals surface area contributed by atoms with E-state index in [0.29, 0.717) is 20.1 Å². The number of hydrogen-bond donors (Lipinski definition) is 1. The largest absolute Gasteiger partial charge is 0.493 e. The van der Waals surface area contributed by atoms with Crippen LogP contribution in [0.3, 0.4) is 0 Å². The average molecular weight is 425 g/mol. The molecule has 2 fully saturated rings. The minimum absolute atomic E-state index is 0.0505. The molecule has 0 saturated carbocycles. The average Bonchev–Trinajstić information content (AvgIpc) is 3.36. The van der Waals surface area contributed by atoms with Gasteiger partial charge in [-0.25, -0.2) is 0 Å². The third-order valence-corrected chi connectivity index (χ3v) is 8.37. The lowest BCUT2D eigenvalue weighted by Crippen LogP contribution is -2.39. The molecule has 0 radical (unpaired) electrons. The summed E-state index contributed by atoms with van der Waals surface area (Å²) >= 11 is 0. The maximum Gasteiger partial charge on any atom is 0.252 e. The lowest BCUT2D eigenvalue weighted by Gasteiger charge is -2.38. The van der Waals surface area contributed by atoms with Crippen LogP contribution in [0.25, 0.3) is 5.31 Å². The molecule has 30 heavy (non-hydrogen) atoms. The number of amides is 1. The maximum absolute atomic E-state index is 13.1. The van der Waals surface area contributed by atoms with Crippen LogP contribution in [0.1, 0.15) is 12.5 Å². The van der Waals surface area contributed by atoms with E-state index in [4.69, 9.17) is 9.47 Å². The first-order valence-corrected chi connectivity index (χ1v) is 11.5. The predicted octanol–water partition coefficient (Wildman–Crippen LogP) is 2.84. The summed E-state index contributed by atoms with van der Waals surface area (Å²) in [6, 6.07) is 5.86. The van der Waals surface area contributed by atoms with Crippen molar-refractivity contribution in [2.45, 2.75) is 12.7 Å². The fourth-order valence-electron chi connectivity index (χ4n) is 4.96. The van der Waals surface area contributed by atoms with E-state index in [1.165, 1.54) is 11.3 Å². The number of methoxy groups -OCH3 is 2. The van der Waals surface area contributed by atoms with Crippen molar-refractivity contribution < 1.29 is 14.3 Å². The van der Waals surface area contributed by atoms with Gasteiger partial charge in [0.15, 0.2) is 11.5 Å². The van der Waals surface area contributed by atoms with Crippen LogP contribution >= 0.6 is 8.58 Å². The number of nitrogens with one attached hydrogen (secondary N) is 1. The second kappa shape index (κ2) is 7.75. The van der Waals surface area contributed by atoms with Gasteiger partial charge >= 0.3 is 0 Å². The summed E-state index contributed by atoms with van der Waals surface area (Å²) in [5, 5.41) is 4.56. The third-order valence-electron chi connectivity index (χ3n) is 6.62. The number of carbonyl (C=O) groups is 1. The standard InChI is InChI=1S/C23H28N3O3P/c1-14-6-18(25-11-16-9-24-10-17(16)12-25)13-26-22(27)8-21(30-23(14)26)15-4-5-19(28-2)20(7-15)29-3/h4-8,13,16-17,23-24,30H,9-12H2,1-3H3/t16-,17?,23?/m1/s1. The van der Waals surface area contributed by atoms with Crippen molar-refractivity contribution >= 4 is 19.8 Å². The molecule has 7 heteroatoms. The molecular weight excluding hydrogens is 397 g/mol. The van der Waals surface area contributed by atoms with Crippen LogP contribution in [-0.2, 0) is 4.79 Å². The molecule has 1 N–H and O–H groups in total. The number of nitrogens with zero attached hydrogens (tertiary/aromatic N) is 2. The predicted molar refractivity (Wildman–Crippen MR) is 120 cm³/mol. The lowest BCUT2D eigenvalue weighted by molar-refractivity contribution is -0.124. The number of allylic oxidation sites excluding steroid dienone is 1. The van der Waals surface area contributed by atoms with Crippen molar-refractivity contribution in [3.63, 3.8) is 0 Å². The summed E-state index contributed by atoms with van der Waals surface area (Å²) in [6.07, 6.45) is 6.14. The van der Waals surface area contributed by atoms with Gasteiger partial charge in [-0.3, -0.25) is 4.79 Å². The molecule has 5 rings (SSSR count). The number of ether oxygens (including phenoxy) is 2. The summed E-state index contributed by atoms with van der Waals surface area (Å²) in [5.41, 5.74) is 3.45. The molecule has 2 saturated heterocycles. The normalized spacial score (nSPS) is 28.7. The van der Waals surface area contributed by atoms with Crippen molar-refractivity contribution in [3.8, 4) is 11.5 Å². The van der Waals surface area contributed by atoms with E-state index in [-0.39, 0.29) is 11.7 Å². The fourth-order valence-corrected chi connectivity index (χ4v) is 6.43. The molecule has 4 atom stereocenters. The molecule has 4 aliphatic rings. The van der Waals surface area contributed by atoms with Crippen LogP contribution in [-0.4, -0.2) is 61.9 Å². The Labute approximate surface area is 179 Å². The first kappa shape index (κ1) is 19.7. The van der Waals surface area contributed by atoms with Gasteiger partial charge in [-0.15, -0.1) is 0 Å². The maximum atomic E-state index is 13.1. The van der Waals surface area contributed by atoms with Crippen LogP contribution in [0.15, 0.2) is 47.8 Å². The van der Waals surface area contributed by atoms with Crippen LogP contribution in [0.4, 0.5) is 0 Å². The van der Waals surface area contributed by atoms with Crippen LogP contribution in [0.2, 0.25) is 0 Å². The zero-order valence-electron chi connectivity index (χ0n) is 17.6. The highest BCUT2D eigenvalue weighted by molar-refractivity contribution is 7.51. The highest BCUT2D eigenvalue weighted by Gasteiger charge is 2.39. The van der Waals surface area contributed by atoms with Gasteiger partial charge in [0.25, 0.3) is 5.91 Å². The molecule has 158 valence electrons. The number of hydrogen-bond acceptors (Lipinski definition) is 5. The summed E-state index contributed by atoms with van der Waals surface area (Å²) < 4.78 is 10.8. The van der Waals surface area contributed by atoms with Gasteiger partial charge in [-0.1, -0.05) is 14.6 Å². The van der Waals surface area contributed by atoms with E-state index < -0.39 is 0 Å². The summed E-state index contributed by atoms with van der Waals surface area (Å²) in [7, 11) is 3.75. The first-order chi connectivity index (χ1) is 14.6. The molecule has 1 aromatic carbocycles. The SMILES string of the molecule is COc1ccc(C2=CC(=O)N3C=C(N4CC5CNC[C@@H]5C4)C=C(C)C3P2)cc1OC. The third kappa shape index (κ3) is 3.32. The number of carbonyl (C=O) groups excluding carboxylic acids is 1. The van der Waals surface area contributed by atoms with Gasteiger partial charge < -0.3 is 24.6 Å². The molecule has 0 bridgehead atoms. The smallest absolute Gasteiger partial charge is 0.252 e. The summed E-state index contributed by atoms with van der Waals surface area (Å²) in [6.45, 7) is 6.54. The van der Waals surface area contributed by atoms with Crippen LogP contribution < -0.4 is 14.8 Å². The van der Waals surface area contributed by atoms with Gasteiger partial charge in [0, 0.05) is 38.5 Å². The number of benzene rings is 1. The van der Waals surface area contributed by atoms with Crippen molar-refractivity contribution in [1.29, 1.82) is 0 Å². The number of fused-ring (bicyclic) bond motifs is 2. The second-order valence-corrected chi connectivity index (χ2v) is 9.82. The minimum Gasteiger partial charge on any atom is -0.493 e. The van der Waals surface area contributed by atoms with E-state index in [2.05, 4.69) is 29.4 Å². The van der Waals surface area contributed by atoms with E-state index in [1.807, 2.05) is 23.1 Å². The highest BCUT2D eigenvalue weighted by atomic mass is 31.1. The van der Waals surface area contributed by atoms with Crippen LogP contribution in [0, 0.1) is 11.8 Å². The molecule has 0 aromatic heterocycles. The monoisotopic (exact) mass is 425 g/mol. The lowest BCUT2D eigenvalue weighted by atomic mass is 10.0. The number of rotatable bonds is 4. The quantitative estimate of drug-likeness (QED) is 0.752. The Balaban J connectivity index is 1.40. The van der Waals surface area contributed by atoms with Gasteiger partial charge in [0.2, 0.25) is 0 Å². The Bertz CT molecular complexity index is 958. The van der Waals surface area contributed by atoms with E-state index >= 15 is 0 Å². The Morgan fingerprint density at radius 2 is 1.80 bits per heavy atom. The van der Waals surface area contributed by atoms with Crippen LogP contribution in [0.5, 0.6) is 11.5 Å². The van der Waals surface area contributed by atoms with E-state index in [1.54, 1.807) is 20.3 Å². The zero-order valence-corrected chi connectivity index (χ0v) is 18.6. The Morgan fingerprint density at radius 1 is 1.07 bits per heavy atom. The molecule has 1 aromatic rings. The molecule has 0 aliphatic carbocycles. The summed E-state index contributed by atoms with van der Waals surface area (Å²) in [4.78, 5) is 17.5. The molecule has 3 unspecified atom stereocenters. The molecule has 4 aliphatic heterocycles. The van der Waals surface area contributed by atoms with Gasteiger partial charge in [0.05, 0.1) is 25.7 Å². The first-order valence-electron chi connectivity index (χ1n) is 10.5. The van der Waals surface area contributed by atoms with Gasteiger partial charge in [-0.2, -0.15) is 0 Å². The molecule has 1 amide bonds. The Kier molecular flexibility index (Phi) is 5.08. The Morgan fingerprint density at radius 3 is 2.50 bits per heavy atom. The summed E-state index contributed by atoms with van der Waals surface area (Å²) in [5.74, 6) is 2.98. The molecule has 4 heterocycles. The van der Waals surface area contributed by atoms with Crippen molar-refractivity contribution in [2.75, 3.05) is 40.4 Å². The Hall–Kier alpha value is -2.30. The second-order valence-electron chi connectivity index (χ2n) is 8.45. The molecule has 6 nitrogen and oxygen atoms in total. The fraction of sp³-hybridized carbons (Fsp3) is 0.435. The zero-order chi connectivity index (χ0) is 20.8. The molecule has 0 spiro atoms.